The van der Waals surface area contributed by atoms with Gasteiger partial charge in [0, 0.05) is 11.4 Å². The summed E-state index contributed by atoms with van der Waals surface area (Å²) in [6.45, 7) is 0. The summed E-state index contributed by atoms with van der Waals surface area (Å²) in [5.74, 6) is 0. The first kappa shape index (κ1) is 14.0. The van der Waals surface area contributed by atoms with Crippen LogP contribution in [0.2, 0.25) is 0 Å². The topological polar surface area (TPSA) is 52.0 Å². The molecule has 0 aliphatic carbocycles. The third-order valence-electron chi connectivity index (χ3n) is 3.56. The molecule has 0 bridgehead atoms. The Labute approximate surface area is 130 Å². The van der Waals surface area contributed by atoms with Crippen molar-refractivity contribution in [1.29, 1.82) is 0 Å². The van der Waals surface area contributed by atoms with E-state index in [2.05, 4.69) is 36.4 Å². The first-order valence-corrected chi connectivity index (χ1v) is 7.20. The van der Waals surface area contributed by atoms with Crippen LogP contribution in [0.4, 0.5) is 11.4 Å². The van der Waals surface area contributed by atoms with Crippen molar-refractivity contribution in [2.45, 2.75) is 0 Å². The molecule has 0 atom stereocenters. The van der Waals surface area contributed by atoms with Crippen molar-refractivity contribution in [3.8, 4) is 11.1 Å². The average Bonchev–Trinajstić information content (AvgIpc) is 2.56. The van der Waals surface area contributed by atoms with Gasteiger partial charge in [-0.25, -0.2) is 0 Å². The fourth-order valence-electron chi connectivity index (χ4n) is 2.26. The Balaban J connectivity index is 1.76. The maximum Gasteiger partial charge on any atom is 0.0314 e. The highest BCUT2D eigenvalue weighted by Gasteiger charge is 1.97. The number of hydrogen-bond donors (Lipinski definition) is 2. The van der Waals surface area contributed by atoms with E-state index >= 15 is 0 Å². The Morgan fingerprint density at radius 1 is 0.455 bits per heavy atom. The number of anilines is 2. The first-order chi connectivity index (χ1) is 10.7. The minimum absolute atomic E-state index is 0.782. The molecule has 4 N–H and O–H groups in total. The summed E-state index contributed by atoms with van der Waals surface area (Å²) in [4.78, 5) is 0. The summed E-state index contributed by atoms with van der Waals surface area (Å²) in [5, 5.41) is 0. The molecular formula is C20H18N2. The van der Waals surface area contributed by atoms with Crippen LogP contribution in [-0.4, -0.2) is 0 Å². The third kappa shape index (κ3) is 3.36. The van der Waals surface area contributed by atoms with Gasteiger partial charge in [0.2, 0.25) is 0 Å². The van der Waals surface area contributed by atoms with Crippen molar-refractivity contribution in [2.24, 2.45) is 0 Å². The Hall–Kier alpha value is -3.00. The van der Waals surface area contributed by atoms with Crippen LogP contribution in [0.3, 0.4) is 0 Å². The SMILES string of the molecule is Nc1ccc(C=Cc2ccc(-c3ccc(N)cc3)cc2)cc1. The van der Waals surface area contributed by atoms with E-state index in [0.29, 0.717) is 0 Å². The number of benzene rings is 3. The molecule has 3 aromatic carbocycles. The Kier molecular flexibility index (Phi) is 3.92. The minimum atomic E-state index is 0.782. The van der Waals surface area contributed by atoms with Gasteiger partial charge in [0.05, 0.1) is 0 Å². The van der Waals surface area contributed by atoms with Gasteiger partial charge >= 0.3 is 0 Å². The molecule has 0 fully saturated rings. The largest absolute Gasteiger partial charge is 0.399 e. The van der Waals surface area contributed by atoms with Crippen LogP contribution in [0.15, 0.2) is 72.8 Å². The molecule has 0 aromatic heterocycles. The average molecular weight is 286 g/mol. The molecule has 0 radical (unpaired) electrons. The smallest absolute Gasteiger partial charge is 0.0314 e. The van der Waals surface area contributed by atoms with E-state index in [1.54, 1.807) is 0 Å². The van der Waals surface area contributed by atoms with Gasteiger partial charge in [0.15, 0.2) is 0 Å². The summed E-state index contributed by atoms with van der Waals surface area (Å²) in [5.41, 5.74) is 17.6. The fourth-order valence-corrected chi connectivity index (χ4v) is 2.26. The molecule has 0 unspecified atom stereocenters. The van der Waals surface area contributed by atoms with Gasteiger partial charge in [-0.15, -0.1) is 0 Å². The van der Waals surface area contributed by atoms with Crippen molar-refractivity contribution in [3.63, 3.8) is 0 Å². The highest BCUT2D eigenvalue weighted by molar-refractivity contribution is 5.73. The summed E-state index contributed by atoms with van der Waals surface area (Å²) in [7, 11) is 0. The van der Waals surface area contributed by atoms with Crippen molar-refractivity contribution >= 4 is 23.5 Å². The normalized spacial score (nSPS) is 10.9. The van der Waals surface area contributed by atoms with Gasteiger partial charge in [-0.3, -0.25) is 0 Å². The lowest BCUT2D eigenvalue weighted by atomic mass is 10.0. The summed E-state index contributed by atoms with van der Waals surface area (Å²) < 4.78 is 0. The second-order valence-corrected chi connectivity index (χ2v) is 5.24. The lowest BCUT2D eigenvalue weighted by Gasteiger charge is -2.03. The maximum absolute atomic E-state index is 5.72. The zero-order valence-corrected chi connectivity index (χ0v) is 12.2. The quantitative estimate of drug-likeness (QED) is 0.542. The van der Waals surface area contributed by atoms with Crippen LogP contribution in [0.1, 0.15) is 11.1 Å². The summed E-state index contributed by atoms with van der Waals surface area (Å²) in [6.07, 6.45) is 4.18. The van der Waals surface area contributed by atoms with Crippen LogP contribution in [0, 0.1) is 0 Å². The molecule has 0 spiro atoms. The lowest BCUT2D eigenvalue weighted by Crippen LogP contribution is -1.84. The number of nitrogens with two attached hydrogens (primary N) is 2. The molecular weight excluding hydrogens is 268 g/mol. The monoisotopic (exact) mass is 286 g/mol. The van der Waals surface area contributed by atoms with E-state index in [-0.39, 0.29) is 0 Å². The van der Waals surface area contributed by atoms with Gasteiger partial charge in [-0.05, 0) is 46.5 Å². The Morgan fingerprint density at radius 2 is 0.773 bits per heavy atom. The maximum atomic E-state index is 5.72. The number of hydrogen-bond acceptors (Lipinski definition) is 2. The molecule has 0 aliphatic rings. The highest BCUT2D eigenvalue weighted by Crippen LogP contribution is 2.21. The zero-order chi connectivity index (χ0) is 15.4. The molecule has 0 saturated heterocycles. The molecule has 0 amide bonds. The first-order valence-electron chi connectivity index (χ1n) is 7.20. The molecule has 0 aliphatic heterocycles. The number of rotatable bonds is 3. The van der Waals surface area contributed by atoms with Gasteiger partial charge in [0.1, 0.15) is 0 Å². The van der Waals surface area contributed by atoms with E-state index in [1.807, 2.05) is 48.5 Å². The molecule has 0 saturated carbocycles. The van der Waals surface area contributed by atoms with Crippen LogP contribution in [0.5, 0.6) is 0 Å². The predicted molar refractivity (Wildman–Crippen MR) is 96.1 cm³/mol. The van der Waals surface area contributed by atoms with Crippen molar-refractivity contribution < 1.29 is 0 Å². The van der Waals surface area contributed by atoms with Crippen LogP contribution in [0.25, 0.3) is 23.3 Å². The van der Waals surface area contributed by atoms with Crippen molar-refractivity contribution in [3.05, 3.63) is 83.9 Å². The number of nitrogen functional groups attached to an aromatic ring is 2. The van der Waals surface area contributed by atoms with Gasteiger partial charge < -0.3 is 11.5 Å². The van der Waals surface area contributed by atoms with Gasteiger partial charge in [-0.2, -0.15) is 0 Å². The van der Waals surface area contributed by atoms with E-state index in [1.165, 1.54) is 11.1 Å². The van der Waals surface area contributed by atoms with E-state index in [4.69, 9.17) is 11.5 Å². The molecule has 0 heterocycles. The second-order valence-electron chi connectivity index (χ2n) is 5.24. The minimum Gasteiger partial charge on any atom is -0.399 e. The highest BCUT2D eigenvalue weighted by atomic mass is 14.5. The molecule has 3 rings (SSSR count). The lowest BCUT2D eigenvalue weighted by molar-refractivity contribution is 1.59. The van der Waals surface area contributed by atoms with Crippen molar-refractivity contribution in [1.82, 2.24) is 0 Å². The van der Waals surface area contributed by atoms with Crippen LogP contribution < -0.4 is 11.5 Å². The van der Waals surface area contributed by atoms with Gasteiger partial charge in [0.25, 0.3) is 0 Å². The zero-order valence-electron chi connectivity index (χ0n) is 12.2. The predicted octanol–water partition coefficient (Wildman–Crippen LogP) is 4.69. The fraction of sp³-hybridized carbons (Fsp3) is 0. The second kappa shape index (κ2) is 6.19. The Bertz CT molecular complexity index is 767. The van der Waals surface area contributed by atoms with Crippen LogP contribution in [-0.2, 0) is 0 Å². The van der Waals surface area contributed by atoms with Crippen molar-refractivity contribution in [2.75, 3.05) is 11.5 Å². The van der Waals surface area contributed by atoms with E-state index in [9.17, 15) is 0 Å². The summed E-state index contributed by atoms with van der Waals surface area (Å²) >= 11 is 0. The van der Waals surface area contributed by atoms with Crippen LogP contribution >= 0.6 is 0 Å². The standard InChI is InChI=1S/C20H18N2/c21-19-11-5-16(6-12-19)2-1-15-3-7-17(8-4-15)18-9-13-20(22)14-10-18/h1-14H,21-22H2. The molecule has 2 heteroatoms. The van der Waals surface area contributed by atoms with E-state index < -0.39 is 0 Å². The molecule has 3 aromatic rings. The third-order valence-corrected chi connectivity index (χ3v) is 3.56. The molecule has 22 heavy (non-hydrogen) atoms. The molecule has 2 nitrogen and oxygen atoms in total. The van der Waals surface area contributed by atoms with Gasteiger partial charge in [-0.1, -0.05) is 60.7 Å². The molecule has 108 valence electrons. The Morgan fingerprint density at radius 3 is 1.23 bits per heavy atom. The summed E-state index contributed by atoms with van der Waals surface area (Å²) in [6, 6.07) is 24.2. The van der Waals surface area contributed by atoms with E-state index in [0.717, 1.165) is 22.5 Å².